The quantitative estimate of drug-likeness (QED) is 0.826. The third-order valence-corrected chi connectivity index (χ3v) is 5.33. The first-order valence-corrected chi connectivity index (χ1v) is 9.82. The molecule has 0 aliphatic carbocycles. The minimum absolute atomic E-state index is 0.0207. The number of nitrogens with zero attached hydrogens (tertiary/aromatic N) is 2. The van der Waals surface area contributed by atoms with Gasteiger partial charge in [-0.05, 0) is 62.1 Å². The van der Waals surface area contributed by atoms with Crippen molar-refractivity contribution in [3.8, 4) is 0 Å². The van der Waals surface area contributed by atoms with Crippen molar-refractivity contribution >= 4 is 29.2 Å². The van der Waals surface area contributed by atoms with Crippen LogP contribution in [-0.2, 0) is 0 Å². The van der Waals surface area contributed by atoms with Gasteiger partial charge in [-0.1, -0.05) is 12.1 Å². The van der Waals surface area contributed by atoms with E-state index in [4.69, 9.17) is 0 Å². The van der Waals surface area contributed by atoms with Crippen LogP contribution in [0.1, 0.15) is 12.5 Å². The van der Waals surface area contributed by atoms with Crippen molar-refractivity contribution in [3.05, 3.63) is 54.1 Å². The van der Waals surface area contributed by atoms with Crippen LogP contribution in [0.2, 0.25) is 0 Å². The molecular weight excluding hydrogens is 330 g/mol. The molecule has 0 saturated carbocycles. The Bertz CT molecular complexity index is 732. The summed E-state index contributed by atoms with van der Waals surface area (Å²) >= 11 is 1.70. The molecule has 0 unspecified atom stereocenters. The molecule has 0 spiro atoms. The minimum atomic E-state index is -0.0207. The topological polar surface area (TPSA) is 35.6 Å². The van der Waals surface area contributed by atoms with E-state index >= 15 is 0 Å². The third-order valence-electron chi connectivity index (χ3n) is 4.59. The van der Waals surface area contributed by atoms with E-state index in [-0.39, 0.29) is 6.03 Å². The van der Waals surface area contributed by atoms with E-state index in [1.165, 1.54) is 16.1 Å². The van der Waals surface area contributed by atoms with Crippen molar-refractivity contribution in [1.82, 2.24) is 4.90 Å². The van der Waals surface area contributed by atoms with Crippen LogP contribution in [0.5, 0.6) is 0 Å². The molecule has 2 aromatic carbocycles. The highest BCUT2D eigenvalue weighted by Crippen LogP contribution is 2.22. The number of carbonyl (C=O) groups is 1. The Morgan fingerprint density at radius 3 is 2.56 bits per heavy atom. The molecule has 3 rings (SSSR count). The molecule has 1 aliphatic rings. The van der Waals surface area contributed by atoms with Crippen molar-refractivity contribution in [3.63, 3.8) is 0 Å². The second kappa shape index (κ2) is 7.83. The normalized spacial score (nSPS) is 17.5. The molecule has 1 aliphatic heterocycles. The maximum Gasteiger partial charge on any atom is 0.321 e. The fraction of sp³-hybridized carbons (Fsp3) is 0.350. The summed E-state index contributed by atoms with van der Waals surface area (Å²) in [7, 11) is 0. The van der Waals surface area contributed by atoms with Crippen molar-refractivity contribution < 1.29 is 4.79 Å². The molecule has 25 heavy (non-hydrogen) atoms. The monoisotopic (exact) mass is 355 g/mol. The molecule has 1 atom stereocenters. The van der Waals surface area contributed by atoms with Gasteiger partial charge < -0.3 is 15.1 Å². The summed E-state index contributed by atoms with van der Waals surface area (Å²) in [5.41, 5.74) is 3.34. The van der Waals surface area contributed by atoms with Gasteiger partial charge in [-0.2, -0.15) is 0 Å². The number of aryl methyl sites for hydroxylation is 1. The van der Waals surface area contributed by atoms with Gasteiger partial charge in [0.2, 0.25) is 0 Å². The van der Waals surface area contributed by atoms with E-state index in [0.29, 0.717) is 6.04 Å². The Morgan fingerprint density at radius 2 is 1.92 bits per heavy atom. The first kappa shape index (κ1) is 17.7. The number of nitrogens with one attached hydrogen (secondary N) is 1. The van der Waals surface area contributed by atoms with Crippen LogP contribution in [0, 0.1) is 6.92 Å². The van der Waals surface area contributed by atoms with E-state index < -0.39 is 0 Å². The third kappa shape index (κ3) is 4.28. The Labute approximate surface area is 154 Å². The molecule has 1 heterocycles. The van der Waals surface area contributed by atoms with Crippen LogP contribution in [-0.4, -0.2) is 42.9 Å². The fourth-order valence-corrected chi connectivity index (χ4v) is 3.62. The molecule has 132 valence electrons. The van der Waals surface area contributed by atoms with E-state index in [9.17, 15) is 4.79 Å². The zero-order valence-corrected chi connectivity index (χ0v) is 15.8. The van der Waals surface area contributed by atoms with Crippen LogP contribution < -0.4 is 10.2 Å². The SMILES string of the molecule is CSc1ccc(NC(=O)N2CCN(c3cccc(C)c3)[C@@H](C)C2)cc1. The van der Waals surface area contributed by atoms with Gasteiger partial charge >= 0.3 is 6.03 Å². The number of urea groups is 1. The summed E-state index contributed by atoms with van der Waals surface area (Å²) in [5.74, 6) is 0. The van der Waals surface area contributed by atoms with Crippen molar-refractivity contribution in [2.24, 2.45) is 0 Å². The van der Waals surface area contributed by atoms with E-state index in [1.807, 2.05) is 35.4 Å². The molecule has 0 radical (unpaired) electrons. The highest BCUT2D eigenvalue weighted by atomic mass is 32.2. The predicted octanol–water partition coefficient (Wildman–Crippen LogP) is 4.46. The molecule has 2 amide bonds. The number of amides is 2. The number of benzene rings is 2. The lowest BCUT2D eigenvalue weighted by atomic mass is 10.1. The lowest BCUT2D eigenvalue weighted by molar-refractivity contribution is 0.200. The molecule has 2 aromatic rings. The average Bonchev–Trinajstić information content (AvgIpc) is 2.62. The standard InChI is InChI=1S/C20H25N3OS/c1-15-5-4-6-18(13-15)23-12-11-22(14-16(23)2)20(24)21-17-7-9-19(25-3)10-8-17/h4-10,13,16H,11-12,14H2,1-3H3,(H,21,24)/t16-/m0/s1. The summed E-state index contributed by atoms with van der Waals surface area (Å²) in [6.07, 6.45) is 2.04. The summed E-state index contributed by atoms with van der Waals surface area (Å²) in [5, 5.41) is 3.01. The predicted molar refractivity (Wildman–Crippen MR) is 107 cm³/mol. The molecule has 1 fully saturated rings. The smallest absolute Gasteiger partial charge is 0.321 e. The van der Waals surface area contributed by atoms with Gasteiger partial charge in [0.05, 0.1) is 0 Å². The second-order valence-corrected chi connectivity index (χ2v) is 7.37. The molecule has 5 heteroatoms. The first-order chi connectivity index (χ1) is 12.1. The van der Waals surface area contributed by atoms with Crippen molar-refractivity contribution in [2.45, 2.75) is 24.8 Å². The fourth-order valence-electron chi connectivity index (χ4n) is 3.21. The first-order valence-electron chi connectivity index (χ1n) is 8.60. The van der Waals surface area contributed by atoms with Gasteiger partial charge in [0.1, 0.15) is 0 Å². The number of thioether (sulfide) groups is 1. The van der Waals surface area contributed by atoms with Gasteiger partial charge in [0.25, 0.3) is 0 Å². The van der Waals surface area contributed by atoms with Crippen LogP contribution >= 0.6 is 11.8 Å². The van der Waals surface area contributed by atoms with Crippen LogP contribution in [0.4, 0.5) is 16.2 Å². The Hall–Kier alpha value is -2.14. The summed E-state index contributed by atoms with van der Waals surface area (Å²) in [6, 6.07) is 16.8. The van der Waals surface area contributed by atoms with Gasteiger partial charge in [0, 0.05) is 41.9 Å². The zero-order valence-electron chi connectivity index (χ0n) is 15.0. The minimum Gasteiger partial charge on any atom is -0.365 e. The zero-order chi connectivity index (χ0) is 17.8. The van der Waals surface area contributed by atoms with Crippen LogP contribution in [0.3, 0.4) is 0 Å². The van der Waals surface area contributed by atoms with Gasteiger partial charge in [-0.25, -0.2) is 4.79 Å². The maximum absolute atomic E-state index is 12.6. The molecule has 1 saturated heterocycles. The maximum atomic E-state index is 12.6. The van der Waals surface area contributed by atoms with Crippen LogP contribution in [0.25, 0.3) is 0 Å². The van der Waals surface area contributed by atoms with E-state index in [1.54, 1.807) is 11.8 Å². The lowest BCUT2D eigenvalue weighted by Gasteiger charge is -2.41. The number of carbonyl (C=O) groups excluding carboxylic acids is 1. The number of anilines is 2. The molecule has 0 bridgehead atoms. The summed E-state index contributed by atoms with van der Waals surface area (Å²) in [4.78, 5) is 18.0. The highest BCUT2D eigenvalue weighted by molar-refractivity contribution is 7.98. The number of hydrogen-bond acceptors (Lipinski definition) is 3. The van der Waals surface area contributed by atoms with Crippen molar-refractivity contribution in [1.29, 1.82) is 0 Å². The molecule has 0 aromatic heterocycles. The highest BCUT2D eigenvalue weighted by Gasteiger charge is 2.26. The number of hydrogen-bond donors (Lipinski definition) is 1. The molecule has 1 N–H and O–H groups in total. The Kier molecular flexibility index (Phi) is 5.53. The number of rotatable bonds is 3. The van der Waals surface area contributed by atoms with Crippen molar-refractivity contribution in [2.75, 3.05) is 36.1 Å². The molecule has 4 nitrogen and oxygen atoms in total. The van der Waals surface area contributed by atoms with E-state index in [2.05, 4.69) is 48.3 Å². The summed E-state index contributed by atoms with van der Waals surface area (Å²) < 4.78 is 0. The summed E-state index contributed by atoms with van der Waals surface area (Å²) in [6.45, 7) is 6.59. The van der Waals surface area contributed by atoms with E-state index in [0.717, 1.165) is 25.3 Å². The Balaban J connectivity index is 1.60. The largest absolute Gasteiger partial charge is 0.365 e. The van der Waals surface area contributed by atoms with Gasteiger partial charge in [0.15, 0.2) is 0 Å². The Morgan fingerprint density at radius 1 is 1.16 bits per heavy atom. The second-order valence-electron chi connectivity index (χ2n) is 6.49. The van der Waals surface area contributed by atoms with Crippen LogP contribution in [0.15, 0.2) is 53.4 Å². The number of piperazine rings is 1. The lowest BCUT2D eigenvalue weighted by Crippen LogP contribution is -2.54. The van der Waals surface area contributed by atoms with Gasteiger partial charge in [-0.3, -0.25) is 0 Å². The molecular formula is C20H25N3OS. The van der Waals surface area contributed by atoms with Gasteiger partial charge in [-0.15, -0.1) is 11.8 Å². The average molecular weight is 356 g/mol.